The fourth-order valence-electron chi connectivity index (χ4n) is 3.33. The molecule has 1 aliphatic heterocycles. The number of hydrogen-bond donors (Lipinski definition) is 0. The first-order chi connectivity index (χ1) is 11.5. The van der Waals surface area contributed by atoms with Crippen LogP contribution in [0.15, 0.2) is 36.7 Å². The summed E-state index contributed by atoms with van der Waals surface area (Å²) in [5, 5.41) is 4.12. The van der Waals surface area contributed by atoms with Crippen LogP contribution in [-0.4, -0.2) is 33.0 Å². The molecule has 2 aromatic rings. The van der Waals surface area contributed by atoms with Gasteiger partial charge in [-0.1, -0.05) is 24.3 Å². The molecule has 126 valence electrons. The minimum absolute atomic E-state index is 0.0337. The lowest BCUT2D eigenvalue weighted by Gasteiger charge is -2.15. The van der Waals surface area contributed by atoms with Gasteiger partial charge in [0.05, 0.1) is 12.1 Å². The van der Waals surface area contributed by atoms with E-state index < -0.39 is 0 Å². The van der Waals surface area contributed by atoms with Crippen LogP contribution in [-0.2, 0) is 29.5 Å². The van der Waals surface area contributed by atoms with E-state index >= 15 is 0 Å². The van der Waals surface area contributed by atoms with E-state index in [1.54, 1.807) is 10.9 Å². The van der Waals surface area contributed by atoms with Gasteiger partial charge < -0.3 is 0 Å². The topological polar surface area (TPSA) is 55.2 Å². The summed E-state index contributed by atoms with van der Waals surface area (Å²) in [6.07, 6.45) is 6.26. The van der Waals surface area contributed by atoms with Gasteiger partial charge in [0.2, 0.25) is 11.8 Å². The number of hydrogen-bond acceptors (Lipinski definition) is 3. The second-order valence-corrected chi connectivity index (χ2v) is 6.54. The highest BCUT2D eigenvalue weighted by Gasteiger charge is 2.38. The summed E-state index contributed by atoms with van der Waals surface area (Å²) >= 11 is 0. The molecule has 3 rings (SSSR count). The number of benzene rings is 1. The van der Waals surface area contributed by atoms with Gasteiger partial charge >= 0.3 is 0 Å². The van der Waals surface area contributed by atoms with Gasteiger partial charge in [0, 0.05) is 26.2 Å². The molecule has 1 aliphatic rings. The van der Waals surface area contributed by atoms with Crippen LogP contribution in [0.5, 0.6) is 0 Å². The van der Waals surface area contributed by atoms with E-state index in [1.807, 2.05) is 25.4 Å². The summed E-state index contributed by atoms with van der Waals surface area (Å²) in [4.78, 5) is 26.1. The van der Waals surface area contributed by atoms with Crippen molar-refractivity contribution < 1.29 is 9.59 Å². The van der Waals surface area contributed by atoms with Gasteiger partial charge in [-0.25, -0.2) is 0 Å². The molecule has 0 radical (unpaired) electrons. The molecule has 2 amide bonds. The average Bonchev–Trinajstić information content (AvgIpc) is 3.07. The fraction of sp³-hybridized carbons (Fsp3) is 0.421. The maximum atomic E-state index is 12.5. The molecule has 2 heterocycles. The molecule has 1 saturated heterocycles. The van der Waals surface area contributed by atoms with Crippen LogP contribution >= 0.6 is 0 Å². The molecule has 0 bridgehead atoms. The predicted molar refractivity (Wildman–Crippen MR) is 91.2 cm³/mol. The largest absolute Gasteiger partial charge is 0.282 e. The molecule has 24 heavy (non-hydrogen) atoms. The standard InChI is InChI=1S/C19H23N3O2/c1-14-6-3-4-7-16(14)8-5-9-22-18(23)11-17(19(22)24)10-15-12-20-21(2)13-15/h3-4,6-7,12-13,17H,5,8-11H2,1-2H3. The molecule has 1 unspecified atom stereocenters. The summed E-state index contributed by atoms with van der Waals surface area (Å²) in [7, 11) is 1.85. The average molecular weight is 325 g/mol. The first-order valence-corrected chi connectivity index (χ1v) is 8.41. The highest BCUT2D eigenvalue weighted by Crippen LogP contribution is 2.24. The van der Waals surface area contributed by atoms with Crippen LogP contribution in [0.25, 0.3) is 0 Å². The van der Waals surface area contributed by atoms with Crippen molar-refractivity contribution in [2.24, 2.45) is 13.0 Å². The van der Waals surface area contributed by atoms with Crippen molar-refractivity contribution in [3.05, 3.63) is 53.3 Å². The fourth-order valence-corrected chi connectivity index (χ4v) is 3.33. The number of carbonyl (C=O) groups is 2. The smallest absolute Gasteiger partial charge is 0.233 e. The van der Waals surface area contributed by atoms with Gasteiger partial charge in [-0.3, -0.25) is 19.2 Å². The quantitative estimate of drug-likeness (QED) is 0.766. The zero-order valence-corrected chi connectivity index (χ0v) is 14.2. The molecule has 5 nitrogen and oxygen atoms in total. The lowest BCUT2D eigenvalue weighted by molar-refractivity contribution is -0.139. The molecular weight excluding hydrogens is 302 g/mol. The summed E-state index contributed by atoms with van der Waals surface area (Å²) < 4.78 is 1.72. The normalized spacial score (nSPS) is 17.8. The number of aromatic nitrogens is 2. The van der Waals surface area contributed by atoms with Crippen molar-refractivity contribution in [1.82, 2.24) is 14.7 Å². The van der Waals surface area contributed by atoms with Crippen LogP contribution in [0.3, 0.4) is 0 Å². The van der Waals surface area contributed by atoms with Crippen molar-refractivity contribution in [3.8, 4) is 0 Å². The van der Waals surface area contributed by atoms with E-state index in [-0.39, 0.29) is 17.7 Å². The van der Waals surface area contributed by atoms with E-state index in [4.69, 9.17) is 0 Å². The third-order valence-electron chi connectivity index (χ3n) is 4.67. The molecule has 1 aromatic carbocycles. The molecule has 0 aliphatic carbocycles. The Labute approximate surface area is 142 Å². The Morgan fingerprint density at radius 3 is 2.75 bits per heavy atom. The lowest BCUT2D eigenvalue weighted by atomic mass is 10.0. The van der Waals surface area contributed by atoms with Crippen LogP contribution < -0.4 is 0 Å². The Hall–Kier alpha value is -2.43. The van der Waals surface area contributed by atoms with Crippen molar-refractivity contribution in [2.75, 3.05) is 6.54 Å². The Balaban J connectivity index is 1.55. The number of imide groups is 1. The van der Waals surface area contributed by atoms with E-state index in [0.29, 0.717) is 19.4 Å². The highest BCUT2D eigenvalue weighted by molar-refractivity contribution is 6.03. The monoisotopic (exact) mass is 325 g/mol. The highest BCUT2D eigenvalue weighted by atomic mass is 16.2. The number of carbonyl (C=O) groups excluding carboxylic acids is 2. The minimum Gasteiger partial charge on any atom is -0.282 e. The van der Waals surface area contributed by atoms with Gasteiger partial charge in [-0.15, -0.1) is 0 Å². The van der Waals surface area contributed by atoms with Crippen LogP contribution in [0.4, 0.5) is 0 Å². The van der Waals surface area contributed by atoms with Crippen LogP contribution in [0, 0.1) is 12.8 Å². The predicted octanol–water partition coefficient (Wildman–Crippen LogP) is 2.28. The van der Waals surface area contributed by atoms with E-state index in [2.05, 4.69) is 24.2 Å². The number of aryl methyl sites for hydroxylation is 3. The third kappa shape index (κ3) is 3.55. The second kappa shape index (κ2) is 6.99. The van der Waals surface area contributed by atoms with Crippen molar-refractivity contribution in [1.29, 1.82) is 0 Å². The van der Waals surface area contributed by atoms with Gasteiger partial charge in [-0.05, 0) is 42.9 Å². The molecule has 0 spiro atoms. The summed E-state index contributed by atoms with van der Waals surface area (Å²) in [5.41, 5.74) is 3.54. The van der Waals surface area contributed by atoms with Crippen LogP contribution in [0.1, 0.15) is 29.5 Å². The summed E-state index contributed by atoms with van der Waals surface area (Å²) in [5.74, 6) is -0.313. The van der Waals surface area contributed by atoms with Crippen molar-refractivity contribution in [2.45, 2.75) is 32.6 Å². The van der Waals surface area contributed by atoms with E-state index in [0.717, 1.165) is 18.4 Å². The lowest BCUT2D eigenvalue weighted by Crippen LogP contribution is -2.32. The third-order valence-corrected chi connectivity index (χ3v) is 4.67. The molecular formula is C19H23N3O2. The first kappa shape index (κ1) is 16.4. The molecule has 1 aromatic heterocycles. The number of amides is 2. The molecule has 1 fully saturated rings. The SMILES string of the molecule is Cc1ccccc1CCCN1C(=O)CC(Cc2cnn(C)c2)C1=O. The maximum Gasteiger partial charge on any atom is 0.233 e. The van der Waals surface area contributed by atoms with Gasteiger partial charge in [0.15, 0.2) is 0 Å². The van der Waals surface area contributed by atoms with E-state index in [1.165, 1.54) is 16.0 Å². The van der Waals surface area contributed by atoms with Gasteiger partial charge in [0.1, 0.15) is 0 Å². The van der Waals surface area contributed by atoms with Crippen molar-refractivity contribution >= 4 is 11.8 Å². The number of rotatable bonds is 6. The molecule has 5 heteroatoms. The first-order valence-electron chi connectivity index (χ1n) is 8.41. The Kier molecular flexibility index (Phi) is 4.79. The molecule has 0 saturated carbocycles. The summed E-state index contributed by atoms with van der Waals surface area (Å²) in [6, 6.07) is 8.24. The Bertz CT molecular complexity index is 751. The second-order valence-electron chi connectivity index (χ2n) is 6.54. The minimum atomic E-state index is -0.236. The zero-order chi connectivity index (χ0) is 17.1. The van der Waals surface area contributed by atoms with E-state index in [9.17, 15) is 9.59 Å². The number of nitrogens with zero attached hydrogens (tertiary/aromatic N) is 3. The maximum absolute atomic E-state index is 12.5. The Morgan fingerprint density at radius 1 is 1.25 bits per heavy atom. The number of likely N-dealkylation sites (tertiary alicyclic amines) is 1. The van der Waals surface area contributed by atoms with Gasteiger partial charge in [-0.2, -0.15) is 5.10 Å². The molecule has 0 N–H and O–H groups in total. The van der Waals surface area contributed by atoms with Crippen molar-refractivity contribution in [3.63, 3.8) is 0 Å². The zero-order valence-electron chi connectivity index (χ0n) is 14.2. The summed E-state index contributed by atoms with van der Waals surface area (Å²) in [6.45, 7) is 2.60. The van der Waals surface area contributed by atoms with Crippen LogP contribution in [0.2, 0.25) is 0 Å². The van der Waals surface area contributed by atoms with Gasteiger partial charge in [0.25, 0.3) is 0 Å². The Morgan fingerprint density at radius 2 is 2.04 bits per heavy atom. The molecule has 1 atom stereocenters.